The molecule has 108 valence electrons. The number of nitrogens with two attached hydrogens (primary N) is 1. The highest BCUT2D eigenvalue weighted by Gasteiger charge is 2.15. The highest BCUT2D eigenvalue weighted by molar-refractivity contribution is 6.33. The summed E-state index contributed by atoms with van der Waals surface area (Å²) in [5.41, 5.74) is 7.97. The summed E-state index contributed by atoms with van der Waals surface area (Å²) in [6.45, 7) is 8.45. The van der Waals surface area contributed by atoms with Crippen LogP contribution in [0.25, 0.3) is 0 Å². The smallest absolute Gasteiger partial charge is 0.0642 e. The Hall–Kier alpha value is -0.730. The van der Waals surface area contributed by atoms with Crippen molar-refractivity contribution in [1.29, 1.82) is 0 Å². The zero-order chi connectivity index (χ0) is 14.3. The monoisotopic (exact) mass is 282 g/mol. The van der Waals surface area contributed by atoms with Gasteiger partial charge >= 0.3 is 0 Å². The van der Waals surface area contributed by atoms with Gasteiger partial charge < -0.3 is 10.6 Å². The summed E-state index contributed by atoms with van der Waals surface area (Å²) in [4.78, 5) is 2.43. The Morgan fingerprint density at radius 2 is 2.05 bits per heavy atom. The third-order valence-corrected chi connectivity index (χ3v) is 3.93. The number of nitrogens with zero attached hydrogens (tertiary/aromatic N) is 1. The van der Waals surface area contributed by atoms with Gasteiger partial charge in [-0.15, -0.1) is 0 Å². The Balaban J connectivity index is 2.94. The molecular weight excluding hydrogens is 256 g/mol. The topological polar surface area (TPSA) is 29.3 Å². The quantitative estimate of drug-likeness (QED) is 0.772. The van der Waals surface area contributed by atoms with Crippen molar-refractivity contribution in [3.8, 4) is 0 Å². The lowest BCUT2D eigenvalue weighted by molar-refractivity contribution is 0.596. The molecule has 0 radical (unpaired) electrons. The van der Waals surface area contributed by atoms with Crippen LogP contribution >= 0.6 is 11.6 Å². The number of anilines is 1. The van der Waals surface area contributed by atoms with Gasteiger partial charge in [-0.1, -0.05) is 37.9 Å². The minimum atomic E-state index is 0.518. The third kappa shape index (κ3) is 4.70. The molecule has 3 heteroatoms. The summed E-state index contributed by atoms with van der Waals surface area (Å²) in [7, 11) is 0. The largest absolute Gasteiger partial charge is 0.368 e. The average Bonchev–Trinajstić information content (AvgIpc) is 2.41. The molecule has 0 saturated heterocycles. The molecule has 0 spiro atoms. The van der Waals surface area contributed by atoms with Gasteiger partial charge in [-0.3, -0.25) is 0 Å². The highest BCUT2D eigenvalue weighted by Crippen LogP contribution is 2.29. The average molecular weight is 283 g/mol. The third-order valence-electron chi connectivity index (χ3n) is 3.63. The Morgan fingerprint density at radius 1 is 1.32 bits per heavy atom. The number of benzene rings is 1. The van der Waals surface area contributed by atoms with E-state index in [0.717, 1.165) is 30.1 Å². The Kier molecular flexibility index (Phi) is 7.25. The number of hydrogen-bond acceptors (Lipinski definition) is 2. The van der Waals surface area contributed by atoms with E-state index in [-0.39, 0.29) is 0 Å². The van der Waals surface area contributed by atoms with Crippen molar-refractivity contribution < 1.29 is 0 Å². The first-order chi connectivity index (χ1) is 9.13. The Bertz CT molecular complexity index is 379. The van der Waals surface area contributed by atoms with Gasteiger partial charge in [-0.2, -0.15) is 0 Å². The van der Waals surface area contributed by atoms with Crippen LogP contribution in [0.5, 0.6) is 0 Å². The van der Waals surface area contributed by atoms with Gasteiger partial charge in [0, 0.05) is 12.6 Å². The van der Waals surface area contributed by atoms with E-state index in [1.54, 1.807) is 0 Å². The molecule has 0 fully saturated rings. The molecule has 0 bridgehead atoms. The molecule has 19 heavy (non-hydrogen) atoms. The second-order valence-electron chi connectivity index (χ2n) is 5.13. The summed E-state index contributed by atoms with van der Waals surface area (Å²) in [5, 5.41) is 0.849. The molecule has 1 rings (SSSR count). The fourth-order valence-electron chi connectivity index (χ4n) is 2.23. The maximum Gasteiger partial charge on any atom is 0.0642 e. The molecule has 2 N–H and O–H groups in total. The van der Waals surface area contributed by atoms with Crippen LogP contribution in [0.2, 0.25) is 5.02 Å². The van der Waals surface area contributed by atoms with Crippen molar-refractivity contribution in [2.75, 3.05) is 18.0 Å². The van der Waals surface area contributed by atoms with Gasteiger partial charge in [0.05, 0.1) is 10.7 Å². The molecule has 0 aliphatic carbocycles. The van der Waals surface area contributed by atoms with Gasteiger partial charge in [0.15, 0.2) is 0 Å². The van der Waals surface area contributed by atoms with Crippen LogP contribution < -0.4 is 10.6 Å². The van der Waals surface area contributed by atoms with E-state index >= 15 is 0 Å². The fourth-order valence-corrected chi connectivity index (χ4v) is 2.54. The standard InChI is InChI=1S/C16H27ClN2/c1-4-6-11-19(13(3)5-2)16-8-7-14(9-10-18)12-15(16)17/h7-8,12-13H,4-6,9-11,18H2,1-3H3. The zero-order valence-corrected chi connectivity index (χ0v) is 13.2. The van der Waals surface area contributed by atoms with Crippen molar-refractivity contribution in [3.63, 3.8) is 0 Å². The normalized spacial score (nSPS) is 12.5. The molecule has 0 heterocycles. The van der Waals surface area contributed by atoms with Crippen LogP contribution in [0.1, 0.15) is 45.6 Å². The lowest BCUT2D eigenvalue weighted by Crippen LogP contribution is -2.33. The van der Waals surface area contributed by atoms with Gasteiger partial charge in [0.1, 0.15) is 0 Å². The molecular formula is C16H27ClN2. The van der Waals surface area contributed by atoms with Crippen molar-refractivity contribution >= 4 is 17.3 Å². The first kappa shape index (κ1) is 16.3. The summed E-state index contributed by atoms with van der Waals surface area (Å²) in [6, 6.07) is 6.87. The van der Waals surface area contributed by atoms with Gasteiger partial charge in [-0.05, 0) is 50.4 Å². The second-order valence-corrected chi connectivity index (χ2v) is 5.54. The van der Waals surface area contributed by atoms with Crippen LogP contribution in [0.15, 0.2) is 18.2 Å². The van der Waals surface area contributed by atoms with Gasteiger partial charge in [0.25, 0.3) is 0 Å². The lowest BCUT2D eigenvalue weighted by atomic mass is 10.1. The summed E-state index contributed by atoms with van der Waals surface area (Å²) < 4.78 is 0. The predicted molar refractivity (Wildman–Crippen MR) is 86.2 cm³/mol. The number of unbranched alkanes of at least 4 members (excludes halogenated alkanes) is 1. The van der Waals surface area contributed by atoms with E-state index in [2.05, 4.69) is 43.9 Å². The minimum Gasteiger partial charge on any atom is -0.368 e. The van der Waals surface area contributed by atoms with Crippen LogP contribution in [-0.2, 0) is 6.42 Å². The summed E-state index contributed by atoms with van der Waals surface area (Å²) in [5.74, 6) is 0. The van der Waals surface area contributed by atoms with E-state index in [1.165, 1.54) is 18.4 Å². The maximum atomic E-state index is 6.46. The van der Waals surface area contributed by atoms with Crippen molar-refractivity contribution in [3.05, 3.63) is 28.8 Å². The van der Waals surface area contributed by atoms with E-state index in [1.807, 2.05) is 0 Å². The zero-order valence-electron chi connectivity index (χ0n) is 12.5. The van der Waals surface area contributed by atoms with Crippen molar-refractivity contribution in [1.82, 2.24) is 0 Å². The number of halogens is 1. The molecule has 0 aromatic heterocycles. The molecule has 0 amide bonds. The van der Waals surface area contributed by atoms with Crippen LogP contribution in [0, 0.1) is 0 Å². The molecule has 0 saturated carbocycles. The molecule has 1 aromatic carbocycles. The summed E-state index contributed by atoms with van der Waals surface area (Å²) in [6.07, 6.45) is 4.42. The van der Waals surface area contributed by atoms with Gasteiger partial charge in [-0.25, -0.2) is 0 Å². The van der Waals surface area contributed by atoms with E-state index in [4.69, 9.17) is 17.3 Å². The molecule has 2 nitrogen and oxygen atoms in total. The van der Waals surface area contributed by atoms with E-state index in [0.29, 0.717) is 12.6 Å². The molecule has 1 aromatic rings. The van der Waals surface area contributed by atoms with E-state index < -0.39 is 0 Å². The van der Waals surface area contributed by atoms with E-state index in [9.17, 15) is 0 Å². The molecule has 0 aliphatic rings. The number of rotatable bonds is 8. The van der Waals surface area contributed by atoms with Crippen molar-refractivity contribution in [2.45, 2.75) is 52.5 Å². The number of hydrogen-bond donors (Lipinski definition) is 1. The van der Waals surface area contributed by atoms with Crippen LogP contribution in [0.4, 0.5) is 5.69 Å². The maximum absolute atomic E-state index is 6.46. The van der Waals surface area contributed by atoms with Crippen LogP contribution in [0.3, 0.4) is 0 Å². The fraction of sp³-hybridized carbons (Fsp3) is 0.625. The lowest BCUT2D eigenvalue weighted by Gasteiger charge is -2.31. The Labute approximate surface area is 122 Å². The Morgan fingerprint density at radius 3 is 2.58 bits per heavy atom. The molecule has 1 atom stereocenters. The predicted octanol–water partition coefficient (Wildman–Crippen LogP) is 4.25. The molecule has 1 unspecified atom stereocenters. The van der Waals surface area contributed by atoms with Crippen molar-refractivity contribution in [2.24, 2.45) is 5.73 Å². The first-order valence-electron chi connectivity index (χ1n) is 7.39. The van der Waals surface area contributed by atoms with Crippen LogP contribution in [-0.4, -0.2) is 19.1 Å². The second kappa shape index (κ2) is 8.44. The summed E-state index contributed by atoms with van der Waals surface area (Å²) >= 11 is 6.46. The molecule has 0 aliphatic heterocycles. The first-order valence-corrected chi connectivity index (χ1v) is 7.76. The minimum absolute atomic E-state index is 0.518. The highest BCUT2D eigenvalue weighted by atomic mass is 35.5. The van der Waals surface area contributed by atoms with Gasteiger partial charge in [0.2, 0.25) is 0 Å². The SMILES string of the molecule is CCCCN(c1ccc(CCN)cc1Cl)C(C)CC.